The molecule has 2 unspecified atom stereocenters. The molecule has 3 rings (SSSR count). The Morgan fingerprint density at radius 2 is 1.85 bits per heavy atom. The zero-order chi connectivity index (χ0) is 18.5. The molecule has 2 aliphatic heterocycles. The van der Waals surface area contributed by atoms with Crippen molar-refractivity contribution in [2.24, 2.45) is 5.92 Å². The Hall–Kier alpha value is -1.79. The number of rotatable bonds is 6. The van der Waals surface area contributed by atoms with Gasteiger partial charge in [-0.2, -0.15) is 0 Å². The van der Waals surface area contributed by atoms with Crippen molar-refractivity contribution in [2.75, 3.05) is 38.2 Å². The first kappa shape index (κ1) is 19.0. The van der Waals surface area contributed by atoms with Gasteiger partial charge in [-0.05, 0) is 43.0 Å². The lowest BCUT2D eigenvalue weighted by Gasteiger charge is -2.43. The molecular weight excluding hydrogens is 328 g/mol. The summed E-state index contributed by atoms with van der Waals surface area (Å²) in [5.41, 5.74) is 1.22. The van der Waals surface area contributed by atoms with Gasteiger partial charge in [-0.15, -0.1) is 0 Å². The van der Waals surface area contributed by atoms with Crippen LogP contribution in [0.1, 0.15) is 33.1 Å². The lowest BCUT2D eigenvalue weighted by molar-refractivity contribution is -0.127. The van der Waals surface area contributed by atoms with Gasteiger partial charge in [-0.3, -0.25) is 15.0 Å². The number of piperazine rings is 1. The van der Waals surface area contributed by atoms with Crippen molar-refractivity contribution in [1.29, 1.82) is 0 Å². The molecule has 0 aliphatic carbocycles. The van der Waals surface area contributed by atoms with Crippen LogP contribution in [-0.2, 0) is 4.79 Å². The fraction of sp³-hybridized carbons (Fsp3) is 0.650. The molecule has 0 spiro atoms. The molecular formula is C20H32N4O2. The zero-order valence-electron chi connectivity index (χ0n) is 16.2. The highest BCUT2D eigenvalue weighted by atomic mass is 16.5. The van der Waals surface area contributed by atoms with E-state index in [1.807, 2.05) is 12.1 Å². The van der Waals surface area contributed by atoms with E-state index >= 15 is 0 Å². The second kappa shape index (κ2) is 8.73. The van der Waals surface area contributed by atoms with Gasteiger partial charge in [0.25, 0.3) is 0 Å². The summed E-state index contributed by atoms with van der Waals surface area (Å²) < 4.78 is 5.23. The van der Waals surface area contributed by atoms with Gasteiger partial charge in [0.15, 0.2) is 0 Å². The first-order valence-corrected chi connectivity index (χ1v) is 9.73. The fourth-order valence-corrected chi connectivity index (χ4v) is 3.71. The summed E-state index contributed by atoms with van der Waals surface area (Å²) in [5, 5.41) is 6.75. The molecule has 1 amide bonds. The maximum Gasteiger partial charge on any atom is 0.223 e. The van der Waals surface area contributed by atoms with Gasteiger partial charge in [0.1, 0.15) is 12.0 Å². The van der Waals surface area contributed by atoms with E-state index in [1.165, 1.54) is 5.69 Å². The van der Waals surface area contributed by atoms with Crippen molar-refractivity contribution < 1.29 is 9.53 Å². The van der Waals surface area contributed by atoms with E-state index in [-0.39, 0.29) is 18.2 Å². The summed E-state index contributed by atoms with van der Waals surface area (Å²) in [6, 6.07) is 8.51. The third kappa shape index (κ3) is 4.89. The predicted octanol–water partition coefficient (Wildman–Crippen LogP) is 2.02. The molecule has 6 nitrogen and oxygen atoms in total. The maximum absolute atomic E-state index is 12.1. The second-order valence-corrected chi connectivity index (χ2v) is 7.73. The van der Waals surface area contributed by atoms with E-state index in [2.05, 4.69) is 46.4 Å². The van der Waals surface area contributed by atoms with Crippen molar-refractivity contribution in [2.45, 2.75) is 45.4 Å². The highest BCUT2D eigenvalue weighted by Crippen LogP contribution is 2.21. The van der Waals surface area contributed by atoms with Crippen LogP contribution in [0, 0.1) is 5.92 Å². The summed E-state index contributed by atoms with van der Waals surface area (Å²) in [4.78, 5) is 16.8. The van der Waals surface area contributed by atoms with Crippen LogP contribution >= 0.6 is 0 Å². The smallest absolute Gasteiger partial charge is 0.223 e. The summed E-state index contributed by atoms with van der Waals surface area (Å²) in [5.74, 6) is 1.72. The second-order valence-electron chi connectivity index (χ2n) is 7.73. The van der Waals surface area contributed by atoms with Gasteiger partial charge in [0.2, 0.25) is 5.91 Å². The molecule has 0 aromatic heterocycles. The first-order valence-electron chi connectivity index (χ1n) is 9.73. The number of ether oxygens (including phenoxy) is 1. The fourth-order valence-electron chi connectivity index (χ4n) is 3.71. The predicted molar refractivity (Wildman–Crippen MR) is 104 cm³/mol. The van der Waals surface area contributed by atoms with E-state index in [0.29, 0.717) is 12.3 Å². The number of methoxy groups -OCH3 is 1. The van der Waals surface area contributed by atoms with Crippen LogP contribution in [0.15, 0.2) is 24.3 Å². The Morgan fingerprint density at radius 1 is 1.15 bits per heavy atom. The van der Waals surface area contributed by atoms with Gasteiger partial charge >= 0.3 is 0 Å². The number of hydrogen-bond acceptors (Lipinski definition) is 5. The summed E-state index contributed by atoms with van der Waals surface area (Å²) in [6.07, 6.45) is 2.78. The number of carbonyl (C=O) groups is 1. The molecule has 0 saturated carbocycles. The van der Waals surface area contributed by atoms with E-state index in [9.17, 15) is 4.79 Å². The molecule has 2 aliphatic rings. The van der Waals surface area contributed by atoms with Crippen LogP contribution in [0.4, 0.5) is 5.69 Å². The van der Waals surface area contributed by atoms with Gasteiger partial charge in [-0.25, -0.2) is 0 Å². The van der Waals surface area contributed by atoms with Gasteiger partial charge in [-0.1, -0.05) is 13.8 Å². The third-order valence-corrected chi connectivity index (χ3v) is 5.33. The highest BCUT2D eigenvalue weighted by Gasteiger charge is 2.31. The van der Waals surface area contributed by atoms with Crippen molar-refractivity contribution in [3.05, 3.63) is 24.3 Å². The number of anilines is 1. The van der Waals surface area contributed by atoms with Crippen molar-refractivity contribution in [1.82, 2.24) is 15.5 Å². The molecule has 26 heavy (non-hydrogen) atoms. The number of carbonyl (C=O) groups excluding carboxylic acids is 1. The van der Waals surface area contributed by atoms with E-state index in [1.54, 1.807) is 7.11 Å². The van der Waals surface area contributed by atoms with Crippen LogP contribution in [0.2, 0.25) is 0 Å². The van der Waals surface area contributed by atoms with Crippen molar-refractivity contribution >= 4 is 11.6 Å². The average Bonchev–Trinajstić information content (AvgIpc) is 2.66. The van der Waals surface area contributed by atoms with E-state index < -0.39 is 0 Å². The lowest BCUT2D eigenvalue weighted by Crippen LogP contribution is -2.66. The molecule has 2 fully saturated rings. The Labute approximate surface area is 156 Å². The quantitative estimate of drug-likeness (QED) is 0.813. The lowest BCUT2D eigenvalue weighted by atomic mass is 10.00. The Bertz CT molecular complexity index is 582. The monoisotopic (exact) mass is 360 g/mol. The molecule has 0 radical (unpaired) electrons. The minimum absolute atomic E-state index is 0.0357. The SMILES string of the molecule is COc1ccc(N2CCN(C3NC(=O)CC(CCC(C)C)N3)CC2)cc1. The molecule has 2 saturated heterocycles. The largest absolute Gasteiger partial charge is 0.497 e. The Balaban J connectivity index is 1.52. The van der Waals surface area contributed by atoms with E-state index in [4.69, 9.17) is 4.74 Å². The van der Waals surface area contributed by atoms with Crippen LogP contribution in [0.25, 0.3) is 0 Å². The van der Waals surface area contributed by atoms with Crippen LogP contribution in [0.3, 0.4) is 0 Å². The van der Waals surface area contributed by atoms with Crippen molar-refractivity contribution in [3.63, 3.8) is 0 Å². The molecule has 2 N–H and O–H groups in total. The molecule has 144 valence electrons. The summed E-state index contributed by atoms with van der Waals surface area (Å²) in [6.45, 7) is 8.24. The average molecular weight is 361 g/mol. The number of nitrogens with zero attached hydrogens (tertiary/aromatic N) is 2. The number of benzene rings is 1. The van der Waals surface area contributed by atoms with Gasteiger partial charge < -0.3 is 15.0 Å². The molecule has 2 atom stereocenters. The number of hydrogen-bond donors (Lipinski definition) is 2. The first-order chi connectivity index (χ1) is 12.5. The van der Waals surface area contributed by atoms with Gasteiger partial charge in [0, 0.05) is 44.3 Å². The number of nitrogens with one attached hydrogen (secondary N) is 2. The van der Waals surface area contributed by atoms with Crippen LogP contribution in [-0.4, -0.2) is 56.4 Å². The zero-order valence-corrected chi connectivity index (χ0v) is 16.2. The molecule has 1 aromatic carbocycles. The highest BCUT2D eigenvalue weighted by molar-refractivity contribution is 5.77. The summed E-state index contributed by atoms with van der Waals surface area (Å²) >= 11 is 0. The van der Waals surface area contributed by atoms with Crippen LogP contribution in [0.5, 0.6) is 5.75 Å². The molecule has 6 heteroatoms. The molecule has 0 bridgehead atoms. The third-order valence-electron chi connectivity index (χ3n) is 5.33. The number of amides is 1. The Morgan fingerprint density at radius 3 is 2.46 bits per heavy atom. The Kier molecular flexibility index (Phi) is 6.38. The van der Waals surface area contributed by atoms with E-state index in [0.717, 1.165) is 44.8 Å². The minimum atomic E-state index is -0.0357. The van der Waals surface area contributed by atoms with Crippen LogP contribution < -0.4 is 20.3 Å². The van der Waals surface area contributed by atoms with Crippen molar-refractivity contribution in [3.8, 4) is 5.75 Å². The summed E-state index contributed by atoms with van der Waals surface area (Å²) in [7, 11) is 1.69. The minimum Gasteiger partial charge on any atom is -0.497 e. The van der Waals surface area contributed by atoms with Gasteiger partial charge in [0.05, 0.1) is 7.11 Å². The topological polar surface area (TPSA) is 56.8 Å². The molecule has 2 heterocycles. The standard InChI is InChI=1S/C20H32N4O2/c1-15(2)4-5-16-14-19(25)22-20(21-16)24-12-10-23(11-13-24)17-6-8-18(26-3)9-7-17/h6-9,15-16,20-21H,4-5,10-14H2,1-3H3,(H,22,25). The maximum atomic E-state index is 12.1. The molecule has 1 aromatic rings. The normalized spacial score (nSPS) is 24.6.